The topological polar surface area (TPSA) is 58.1 Å². The number of pyridine rings is 1. The molecule has 0 aliphatic carbocycles. The second kappa shape index (κ2) is 7.04. The molecular formula is C16H21FN4OS. The average molecular weight is 336 g/mol. The van der Waals surface area contributed by atoms with E-state index in [1.807, 2.05) is 13.8 Å². The highest BCUT2D eigenvalue weighted by atomic mass is 32.1. The molecule has 0 spiro atoms. The van der Waals surface area contributed by atoms with Crippen molar-refractivity contribution < 1.29 is 9.18 Å². The van der Waals surface area contributed by atoms with Crippen molar-refractivity contribution in [2.75, 3.05) is 11.9 Å². The Hall–Kier alpha value is -2.02. The van der Waals surface area contributed by atoms with Crippen LogP contribution in [-0.4, -0.2) is 29.1 Å². The Morgan fingerprint density at radius 1 is 1.35 bits per heavy atom. The number of carbonyl (C=O) groups is 1. The lowest BCUT2D eigenvalue weighted by atomic mass is 10.1. The minimum absolute atomic E-state index is 0.0741. The largest absolute Gasteiger partial charge is 0.335 e. The molecule has 1 atom stereocenters. The number of urea groups is 1. The molecule has 2 heterocycles. The second-order valence-corrected chi connectivity index (χ2v) is 6.82. The lowest BCUT2D eigenvalue weighted by molar-refractivity contribution is 0.241. The van der Waals surface area contributed by atoms with Gasteiger partial charge in [-0.1, -0.05) is 25.2 Å². The second-order valence-electron chi connectivity index (χ2n) is 5.84. The van der Waals surface area contributed by atoms with Crippen LogP contribution in [0.1, 0.15) is 26.5 Å². The van der Waals surface area contributed by atoms with E-state index in [2.05, 4.69) is 29.1 Å². The van der Waals surface area contributed by atoms with Gasteiger partial charge in [0.15, 0.2) is 0 Å². The van der Waals surface area contributed by atoms with Crippen LogP contribution < -0.4 is 10.2 Å². The maximum absolute atomic E-state index is 13.3. The molecule has 5 nitrogen and oxygen atoms in total. The number of carbonyl (C=O) groups excluding carboxylic acids is 1. The van der Waals surface area contributed by atoms with Crippen molar-refractivity contribution in [1.29, 1.82) is 0 Å². The van der Waals surface area contributed by atoms with Crippen LogP contribution in [0.15, 0.2) is 18.5 Å². The van der Waals surface area contributed by atoms with Crippen LogP contribution in [0.4, 0.5) is 14.2 Å². The zero-order valence-corrected chi connectivity index (χ0v) is 14.7. The van der Waals surface area contributed by atoms with E-state index < -0.39 is 5.82 Å². The van der Waals surface area contributed by atoms with E-state index in [4.69, 9.17) is 0 Å². The lowest BCUT2D eigenvalue weighted by Crippen LogP contribution is -2.43. The third-order valence-corrected chi connectivity index (χ3v) is 4.97. The van der Waals surface area contributed by atoms with Gasteiger partial charge in [0.1, 0.15) is 15.8 Å². The summed E-state index contributed by atoms with van der Waals surface area (Å²) in [4.78, 5) is 22.1. The average Bonchev–Trinajstić information content (AvgIpc) is 2.88. The SMILES string of the molecule is Cc1nc(-c2cncc(F)c2)sc1N(C)C(=O)NC(C)C(C)C. The summed E-state index contributed by atoms with van der Waals surface area (Å²) in [5.74, 6) is -0.0578. The van der Waals surface area contributed by atoms with Crippen molar-refractivity contribution in [1.82, 2.24) is 15.3 Å². The molecule has 0 aromatic carbocycles. The van der Waals surface area contributed by atoms with Gasteiger partial charge in [0.2, 0.25) is 0 Å². The first-order chi connectivity index (χ1) is 10.8. The van der Waals surface area contributed by atoms with Gasteiger partial charge in [-0.2, -0.15) is 0 Å². The molecule has 0 fully saturated rings. The van der Waals surface area contributed by atoms with E-state index in [0.29, 0.717) is 16.5 Å². The van der Waals surface area contributed by atoms with E-state index in [9.17, 15) is 9.18 Å². The molecule has 0 saturated heterocycles. The van der Waals surface area contributed by atoms with Gasteiger partial charge in [-0.3, -0.25) is 9.88 Å². The number of halogens is 1. The summed E-state index contributed by atoms with van der Waals surface area (Å²) in [6.07, 6.45) is 2.71. The van der Waals surface area contributed by atoms with Crippen LogP contribution in [0.25, 0.3) is 10.6 Å². The molecule has 7 heteroatoms. The van der Waals surface area contributed by atoms with Gasteiger partial charge in [0.05, 0.1) is 11.9 Å². The third kappa shape index (κ3) is 4.04. The summed E-state index contributed by atoms with van der Waals surface area (Å²) in [6, 6.07) is 1.28. The first-order valence-corrected chi connectivity index (χ1v) is 8.23. The molecule has 0 saturated carbocycles. The Morgan fingerprint density at radius 2 is 2.04 bits per heavy atom. The zero-order valence-electron chi connectivity index (χ0n) is 13.9. The zero-order chi connectivity index (χ0) is 17.1. The summed E-state index contributed by atoms with van der Waals surface area (Å²) in [6.45, 7) is 7.91. The molecule has 0 aliphatic heterocycles. The summed E-state index contributed by atoms with van der Waals surface area (Å²) >= 11 is 1.34. The van der Waals surface area contributed by atoms with Gasteiger partial charge in [0, 0.05) is 24.8 Å². The Morgan fingerprint density at radius 3 is 2.65 bits per heavy atom. The number of nitrogens with one attached hydrogen (secondary N) is 1. The van der Waals surface area contributed by atoms with E-state index in [-0.39, 0.29) is 12.1 Å². The van der Waals surface area contributed by atoms with E-state index in [1.165, 1.54) is 17.4 Å². The van der Waals surface area contributed by atoms with Crippen LogP contribution in [0.3, 0.4) is 0 Å². The monoisotopic (exact) mass is 336 g/mol. The van der Waals surface area contributed by atoms with Gasteiger partial charge in [0.25, 0.3) is 0 Å². The molecule has 2 rings (SSSR count). The number of thiazole rings is 1. The minimum atomic E-state index is -0.409. The van der Waals surface area contributed by atoms with Crippen LogP contribution in [-0.2, 0) is 0 Å². The molecule has 2 aromatic heterocycles. The number of anilines is 1. The Labute approximate surface area is 139 Å². The van der Waals surface area contributed by atoms with Crippen molar-refractivity contribution in [2.24, 2.45) is 5.92 Å². The van der Waals surface area contributed by atoms with Gasteiger partial charge in [-0.05, 0) is 25.8 Å². The first-order valence-electron chi connectivity index (χ1n) is 7.42. The quantitative estimate of drug-likeness (QED) is 0.923. The molecule has 0 aliphatic rings. The fraction of sp³-hybridized carbons (Fsp3) is 0.438. The Bertz CT molecular complexity index is 701. The van der Waals surface area contributed by atoms with Gasteiger partial charge in [-0.25, -0.2) is 14.2 Å². The van der Waals surface area contributed by atoms with E-state index >= 15 is 0 Å². The van der Waals surface area contributed by atoms with Gasteiger partial charge in [-0.15, -0.1) is 0 Å². The highest BCUT2D eigenvalue weighted by Crippen LogP contribution is 2.33. The first kappa shape index (κ1) is 17.3. The Kier molecular flexibility index (Phi) is 5.30. The normalized spacial score (nSPS) is 12.3. The van der Waals surface area contributed by atoms with E-state index in [1.54, 1.807) is 18.1 Å². The van der Waals surface area contributed by atoms with Crippen molar-refractivity contribution >= 4 is 22.4 Å². The highest BCUT2D eigenvalue weighted by Gasteiger charge is 2.20. The fourth-order valence-electron chi connectivity index (χ4n) is 1.90. The van der Waals surface area contributed by atoms with Crippen LogP contribution in [0.5, 0.6) is 0 Å². The predicted octanol–water partition coefficient (Wildman–Crippen LogP) is 3.84. The summed E-state index contributed by atoms with van der Waals surface area (Å²) in [7, 11) is 1.70. The molecule has 23 heavy (non-hydrogen) atoms. The van der Waals surface area contributed by atoms with E-state index in [0.717, 1.165) is 16.9 Å². The molecule has 0 bridgehead atoms. The maximum atomic E-state index is 13.3. The predicted molar refractivity (Wildman–Crippen MR) is 91.3 cm³/mol. The number of amides is 2. The number of rotatable bonds is 4. The number of hydrogen-bond acceptors (Lipinski definition) is 4. The fourth-order valence-corrected chi connectivity index (χ4v) is 2.91. The number of aryl methyl sites for hydroxylation is 1. The van der Waals surface area contributed by atoms with Crippen molar-refractivity contribution in [3.63, 3.8) is 0 Å². The van der Waals surface area contributed by atoms with Crippen molar-refractivity contribution in [2.45, 2.75) is 33.7 Å². The van der Waals surface area contributed by atoms with Crippen LogP contribution in [0.2, 0.25) is 0 Å². The lowest BCUT2D eigenvalue weighted by Gasteiger charge is -2.22. The third-order valence-electron chi connectivity index (χ3n) is 3.68. The molecule has 0 radical (unpaired) electrons. The van der Waals surface area contributed by atoms with Gasteiger partial charge >= 0.3 is 6.03 Å². The van der Waals surface area contributed by atoms with Gasteiger partial charge < -0.3 is 5.32 Å². The van der Waals surface area contributed by atoms with Crippen LogP contribution in [0, 0.1) is 18.7 Å². The summed E-state index contributed by atoms with van der Waals surface area (Å²) in [5, 5.41) is 4.33. The number of nitrogens with zero attached hydrogens (tertiary/aromatic N) is 3. The molecule has 124 valence electrons. The summed E-state index contributed by atoms with van der Waals surface area (Å²) < 4.78 is 13.3. The Balaban J connectivity index is 2.22. The number of hydrogen-bond donors (Lipinski definition) is 1. The van der Waals surface area contributed by atoms with Crippen molar-refractivity contribution in [3.05, 3.63) is 30.0 Å². The molecule has 1 unspecified atom stereocenters. The summed E-state index contributed by atoms with van der Waals surface area (Å²) in [5.41, 5.74) is 1.33. The molecule has 2 aromatic rings. The molecular weight excluding hydrogens is 315 g/mol. The molecule has 2 amide bonds. The molecule has 1 N–H and O–H groups in total. The maximum Gasteiger partial charge on any atom is 0.322 e. The standard InChI is InChI=1S/C16H21FN4OS/c1-9(2)10(3)20-16(22)21(5)15-11(4)19-14(23-15)12-6-13(17)8-18-7-12/h6-10H,1-5H3,(H,20,22). The van der Waals surface area contributed by atoms with Crippen molar-refractivity contribution in [3.8, 4) is 10.6 Å². The minimum Gasteiger partial charge on any atom is -0.335 e. The smallest absolute Gasteiger partial charge is 0.322 e. The number of aromatic nitrogens is 2. The van der Waals surface area contributed by atoms with Crippen LogP contribution >= 0.6 is 11.3 Å². The highest BCUT2D eigenvalue weighted by molar-refractivity contribution is 7.19.